The van der Waals surface area contributed by atoms with Gasteiger partial charge in [-0.3, -0.25) is 4.79 Å². The van der Waals surface area contributed by atoms with Gasteiger partial charge in [-0.2, -0.15) is 0 Å². The molecule has 7 heteroatoms. The van der Waals surface area contributed by atoms with Crippen LogP contribution in [0.5, 0.6) is 28.7 Å². The highest BCUT2D eigenvalue weighted by Crippen LogP contribution is 2.52. The summed E-state index contributed by atoms with van der Waals surface area (Å²) in [5.41, 5.74) is 4.57. The van der Waals surface area contributed by atoms with E-state index in [-0.39, 0.29) is 25.3 Å². The summed E-state index contributed by atoms with van der Waals surface area (Å²) in [4.78, 5) is 12.4. The SMILES string of the molecule is COc1cc2c(c(OC)c1OC)C(c1ccc3c(c1)OCO3)=C1COC(=O)C1C2. The fourth-order valence-corrected chi connectivity index (χ4v) is 4.35. The third-order valence-corrected chi connectivity index (χ3v) is 5.64. The highest BCUT2D eigenvalue weighted by molar-refractivity contribution is 5.96. The molecule has 2 aromatic rings. The van der Waals surface area contributed by atoms with Gasteiger partial charge in [0.1, 0.15) is 6.61 Å². The average Bonchev–Trinajstić information content (AvgIpc) is 3.36. The van der Waals surface area contributed by atoms with Gasteiger partial charge < -0.3 is 28.4 Å². The van der Waals surface area contributed by atoms with Crippen LogP contribution in [0.2, 0.25) is 0 Å². The van der Waals surface area contributed by atoms with Crippen LogP contribution in [0.1, 0.15) is 16.7 Å². The lowest BCUT2D eigenvalue weighted by Crippen LogP contribution is -2.20. The second-order valence-electron chi connectivity index (χ2n) is 7.01. The van der Waals surface area contributed by atoms with E-state index in [2.05, 4.69) is 0 Å². The van der Waals surface area contributed by atoms with Crippen molar-refractivity contribution in [2.75, 3.05) is 34.7 Å². The van der Waals surface area contributed by atoms with Gasteiger partial charge in [0.15, 0.2) is 23.0 Å². The van der Waals surface area contributed by atoms with Crippen LogP contribution in [0, 0.1) is 5.92 Å². The molecule has 29 heavy (non-hydrogen) atoms. The molecule has 2 aliphatic heterocycles. The Balaban J connectivity index is 1.81. The summed E-state index contributed by atoms with van der Waals surface area (Å²) in [6, 6.07) is 7.67. The predicted octanol–water partition coefficient (Wildman–Crippen LogP) is 2.97. The maximum atomic E-state index is 12.4. The normalized spacial score (nSPS) is 18.9. The molecule has 1 unspecified atom stereocenters. The summed E-state index contributed by atoms with van der Waals surface area (Å²) >= 11 is 0. The number of esters is 1. The van der Waals surface area contributed by atoms with Crippen LogP contribution in [-0.4, -0.2) is 40.7 Å². The van der Waals surface area contributed by atoms with Crippen LogP contribution in [0.3, 0.4) is 0 Å². The van der Waals surface area contributed by atoms with Crippen molar-refractivity contribution >= 4 is 11.5 Å². The van der Waals surface area contributed by atoms with Crippen molar-refractivity contribution in [1.82, 2.24) is 0 Å². The standard InChI is InChI=1S/C22H20O7/c1-24-17-8-12-6-13-14(9-27-22(13)23)18(19(12)21(26-3)20(17)25-2)11-4-5-15-16(7-11)29-10-28-15/h4-5,7-8,13H,6,9-10H2,1-3H3. The van der Waals surface area contributed by atoms with Gasteiger partial charge in [0.25, 0.3) is 0 Å². The number of rotatable bonds is 4. The number of carbonyl (C=O) groups excluding carboxylic acids is 1. The lowest BCUT2D eigenvalue weighted by molar-refractivity contribution is -0.141. The van der Waals surface area contributed by atoms with Crippen LogP contribution < -0.4 is 23.7 Å². The summed E-state index contributed by atoms with van der Waals surface area (Å²) in [6.07, 6.45) is 0.522. The molecule has 0 spiro atoms. The van der Waals surface area contributed by atoms with E-state index in [4.69, 9.17) is 28.4 Å². The first kappa shape index (κ1) is 17.7. The fraction of sp³-hybridized carbons (Fsp3) is 0.318. The van der Waals surface area contributed by atoms with Crippen LogP contribution >= 0.6 is 0 Å². The van der Waals surface area contributed by atoms with Crippen molar-refractivity contribution in [3.05, 3.63) is 46.5 Å². The van der Waals surface area contributed by atoms with Gasteiger partial charge in [0, 0.05) is 5.56 Å². The lowest BCUT2D eigenvalue weighted by Gasteiger charge is -2.28. The zero-order valence-corrected chi connectivity index (χ0v) is 16.4. The Hall–Kier alpha value is -3.35. The third kappa shape index (κ3) is 2.53. The molecule has 1 atom stereocenters. The first-order chi connectivity index (χ1) is 14.2. The summed E-state index contributed by atoms with van der Waals surface area (Å²) in [7, 11) is 4.76. The molecular formula is C22H20O7. The summed E-state index contributed by atoms with van der Waals surface area (Å²) in [6.45, 7) is 0.448. The first-order valence-electron chi connectivity index (χ1n) is 9.28. The van der Waals surface area contributed by atoms with E-state index in [1.54, 1.807) is 21.3 Å². The fourth-order valence-electron chi connectivity index (χ4n) is 4.35. The molecule has 0 amide bonds. The van der Waals surface area contributed by atoms with E-state index < -0.39 is 0 Å². The van der Waals surface area contributed by atoms with Crippen molar-refractivity contribution in [1.29, 1.82) is 0 Å². The van der Waals surface area contributed by atoms with Crippen molar-refractivity contribution in [3.8, 4) is 28.7 Å². The van der Waals surface area contributed by atoms with Gasteiger partial charge in [-0.15, -0.1) is 0 Å². The summed E-state index contributed by atoms with van der Waals surface area (Å²) in [5, 5.41) is 0. The Kier molecular flexibility index (Phi) is 4.04. The molecule has 0 bridgehead atoms. The molecule has 3 aliphatic rings. The van der Waals surface area contributed by atoms with Crippen molar-refractivity contribution in [3.63, 3.8) is 0 Å². The third-order valence-electron chi connectivity index (χ3n) is 5.64. The number of ether oxygens (including phenoxy) is 6. The molecule has 7 nitrogen and oxygen atoms in total. The van der Waals surface area contributed by atoms with Gasteiger partial charge >= 0.3 is 5.97 Å². The van der Waals surface area contributed by atoms with Gasteiger partial charge in [-0.25, -0.2) is 0 Å². The minimum Gasteiger partial charge on any atom is -0.493 e. The summed E-state index contributed by atoms with van der Waals surface area (Å²) < 4.78 is 33.3. The van der Waals surface area contributed by atoms with E-state index in [0.29, 0.717) is 35.2 Å². The van der Waals surface area contributed by atoms with Crippen molar-refractivity contribution in [2.24, 2.45) is 5.92 Å². The Morgan fingerprint density at radius 1 is 0.931 bits per heavy atom. The molecule has 1 saturated heterocycles. The van der Waals surface area contributed by atoms with Crippen molar-refractivity contribution in [2.45, 2.75) is 6.42 Å². The van der Waals surface area contributed by atoms with Crippen LogP contribution in [0.15, 0.2) is 29.8 Å². The second kappa shape index (κ2) is 6.62. The molecule has 2 aromatic carbocycles. The van der Waals surface area contributed by atoms with Crippen LogP contribution in [0.4, 0.5) is 0 Å². The Labute approximate surface area is 167 Å². The first-order valence-corrected chi connectivity index (χ1v) is 9.28. The highest BCUT2D eigenvalue weighted by atomic mass is 16.7. The molecule has 1 aliphatic carbocycles. The zero-order valence-electron chi connectivity index (χ0n) is 16.4. The maximum Gasteiger partial charge on any atom is 0.313 e. The summed E-state index contributed by atoms with van der Waals surface area (Å²) in [5.74, 6) is 2.47. The minimum atomic E-state index is -0.328. The molecular weight excluding hydrogens is 376 g/mol. The molecule has 1 fully saturated rings. The van der Waals surface area contributed by atoms with Crippen LogP contribution in [-0.2, 0) is 16.0 Å². The number of methoxy groups -OCH3 is 3. The average molecular weight is 396 g/mol. The van der Waals surface area contributed by atoms with E-state index in [1.807, 2.05) is 24.3 Å². The molecule has 0 saturated carbocycles. The van der Waals surface area contributed by atoms with Crippen molar-refractivity contribution < 1.29 is 33.2 Å². The van der Waals surface area contributed by atoms with E-state index in [0.717, 1.165) is 27.8 Å². The molecule has 2 heterocycles. The number of hydrogen-bond donors (Lipinski definition) is 0. The number of cyclic esters (lactones) is 1. The Bertz CT molecular complexity index is 1050. The lowest BCUT2D eigenvalue weighted by atomic mass is 9.76. The quantitative estimate of drug-likeness (QED) is 0.736. The van der Waals surface area contributed by atoms with Gasteiger partial charge in [-0.05, 0) is 46.9 Å². The van der Waals surface area contributed by atoms with Crippen LogP contribution in [0.25, 0.3) is 5.57 Å². The maximum absolute atomic E-state index is 12.4. The van der Waals surface area contributed by atoms with E-state index in [1.165, 1.54) is 0 Å². The number of fused-ring (bicyclic) bond motifs is 3. The zero-order chi connectivity index (χ0) is 20.1. The van der Waals surface area contributed by atoms with Gasteiger partial charge in [0.05, 0.1) is 27.2 Å². The topological polar surface area (TPSA) is 72.5 Å². The number of hydrogen-bond acceptors (Lipinski definition) is 7. The second-order valence-corrected chi connectivity index (χ2v) is 7.01. The largest absolute Gasteiger partial charge is 0.493 e. The predicted molar refractivity (Wildman–Crippen MR) is 103 cm³/mol. The molecule has 0 N–H and O–H groups in total. The molecule has 0 radical (unpaired) electrons. The van der Waals surface area contributed by atoms with Gasteiger partial charge in [0.2, 0.25) is 12.5 Å². The smallest absolute Gasteiger partial charge is 0.313 e. The molecule has 0 aromatic heterocycles. The minimum absolute atomic E-state index is 0.194. The number of carbonyl (C=O) groups is 1. The Morgan fingerprint density at radius 3 is 2.48 bits per heavy atom. The monoisotopic (exact) mass is 396 g/mol. The Morgan fingerprint density at radius 2 is 1.72 bits per heavy atom. The molecule has 150 valence electrons. The molecule has 5 rings (SSSR count). The van der Waals surface area contributed by atoms with Gasteiger partial charge in [-0.1, -0.05) is 6.07 Å². The highest BCUT2D eigenvalue weighted by Gasteiger charge is 2.41. The van der Waals surface area contributed by atoms with E-state index in [9.17, 15) is 4.79 Å². The van der Waals surface area contributed by atoms with E-state index >= 15 is 0 Å². The number of benzene rings is 2.